The van der Waals surface area contributed by atoms with E-state index in [1.807, 2.05) is 6.07 Å². The molecule has 4 heterocycles. The van der Waals surface area contributed by atoms with E-state index in [0.717, 1.165) is 0 Å². The van der Waals surface area contributed by atoms with Gasteiger partial charge in [-0.1, -0.05) is 18.2 Å². The molecule has 2 saturated heterocycles. The third-order valence-electron chi connectivity index (χ3n) is 4.91. The summed E-state index contributed by atoms with van der Waals surface area (Å²) < 4.78 is 17.7. The summed E-state index contributed by atoms with van der Waals surface area (Å²) in [5, 5.41) is 13.4. The van der Waals surface area contributed by atoms with Crippen LogP contribution >= 0.6 is 7.82 Å². The zero-order chi connectivity index (χ0) is 20.9. The van der Waals surface area contributed by atoms with E-state index in [1.165, 1.54) is 17.2 Å². The summed E-state index contributed by atoms with van der Waals surface area (Å²) in [4.78, 5) is 34.9. The van der Waals surface area contributed by atoms with Gasteiger partial charge in [0.15, 0.2) is 29.3 Å². The minimum atomic E-state index is -3.49. The van der Waals surface area contributed by atoms with Crippen LogP contribution < -0.4 is 5.32 Å². The summed E-state index contributed by atoms with van der Waals surface area (Å²) in [7, 11) is 2.05. The van der Waals surface area contributed by atoms with Gasteiger partial charge >= 0.3 is 15.4 Å². The number of carbonyl (C=O) groups excluding carboxylic acids is 1. The Kier molecular flexibility index (Phi) is 4.77. The summed E-state index contributed by atoms with van der Waals surface area (Å²) in [6, 6.07) is 8.69. The zero-order valence-corrected chi connectivity index (χ0v) is 16.3. The Morgan fingerprint density at radius 1 is 1.27 bits per heavy atom. The van der Waals surface area contributed by atoms with Crippen molar-refractivity contribution in [2.45, 2.75) is 24.5 Å². The number of aliphatic hydroxyl groups is 1. The first-order chi connectivity index (χ1) is 14.4. The second kappa shape index (κ2) is 7.34. The van der Waals surface area contributed by atoms with Crippen molar-refractivity contribution in [1.29, 1.82) is 0 Å². The molecule has 5 atom stereocenters. The second-order valence-corrected chi connectivity index (χ2v) is 8.45. The third-order valence-corrected chi connectivity index (χ3v) is 5.97. The van der Waals surface area contributed by atoms with Gasteiger partial charge in [0.1, 0.15) is 25.1 Å². The number of hydrogen-bond acceptors (Lipinski definition) is 9. The predicted octanol–water partition coefficient (Wildman–Crippen LogP) is 0.591. The van der Waals surface area contributed by atoms with E-state index in [0.29, 0.717) is 16.7 Å². The maximum absolute atomic E-state index is 12.5. The Morgan fingerprint density at radius 3 is 2.87 bits per heavy atom. The quantitative estimate of drug-likeness (QED) is 0.404. The van der Waals surface area contributed by atoms with Crippen LogP contribution in [0.3, 0.4) is 0 Å². The van der Waals surface area contributed by atoms with E-state index in [1.54, 1.807) is 24.3 Å². The summed E-state index contributed by atoms with van der Waals surface area (Å²) in [5.74, 6) is -0.121. The van der Waals surface area contributed by atoms with Gasteiger partial charge in [0.05, 0.1) is 6.33 Å². The molecular formula is C17H16BN5O6P+. The van der Waals surface area contributed by atoms with Crippen molar-refractivity contribution in [3.05, 3.63) is 48.5 Å². The monoisotopic (exact) mass is 428 g/mol. The number of benzene rings is 1. The summed E-state index contributed by atoms with van der Waals surface area (Å²) in [5.41, 5.74) is 1.14. The van der Waals surface area contributed by atoms with Gasteiger partial charge in [-0.15, -0.1) is 0 Å². The molecule has 5 rings (SSSR count). The largest absolute Gasteiger partial charge is 0.488 e. The summed E-state index contributed by atoms with van der Waals surface area (Å²) in [6.45, 7) is -0.0149. The Labute approximate surface area is 172 Å². The molecule has 152 valence electrons. The highest BCUT2D eigenvalue weighted by Gasteiger charge is 2.57. The first-order valence-electron chi connectivity index (χ1n) is 9.04. The number of hydrogen-bond donors (Lipinski definition) is 3. The Bertz CT molecular complexity index is 1100. The number of fused-ring (bicyclic) bond motifs is 2. The summed E-state index contributed by atoms with van der Waals surface area (Å²) >= 11 is 0. The molecule has 11 nitrogen and oxygen atoms in total. The molecule has 2 aliphatic rings. The summed E-state index contributed by atoms with van der Waals surface area (Å²) in [6.07, 6.45) is -0.830. The number of amides is 1. The molecule has 2 radical (unpaired) electrons. The molecule has 0 aliphatic carbocycles. The van der Waals surface area contributed by atoms with Crippen LogP contribution in [-0.4, -0.2) is 67.9 Å². The maximum Gasteiger partial charge on any atom is 0.488 e. The Hall–Kier alpha value is -2.47. The minimum Gasteiger partial charge on any atom is -0.385 e. The van der Waals surface area contributed by atoms with Crippen molar-refractivity contribution in [3.63, 3.8) is 0 Å². The van der Waals surface area contributed by atoms with Gasteiger partial charge in [-0.3, -0.25) is 9.36 Å². The van der Waals surface area contributed by atoms with Crippen molar-refractivity contribution < 1.29 is 28.6 Å². The van der Waals surface area contributed by atoms with Gasteiger partial charge in [0.25, 0.3) is 5.91 Å². The highest BCUT2D eigenvalue weighted by Crippen LogP contribution is 2.58. The lowest BCUT2D eigenvalue weighted by atomic mass is 10.1. The standard InChI is InChI=1S/C17H16BN5O6P/c18-30(26)27-6-10-13(29-30)12(24)17(28-10)23-8-21-11-14(19-7-20-15(11)23)22-16(25)9-4-2-1-3-5-9/h1-5,7-8,10,12-13,17,24,26H,6H2,(H,19,20,22,25)/q+1/t10-,12?,13+,17-,30?/m1/s1. The van der Waals surface area contributed by atoms with E-state index in [-0.39, 0.29) is 18.3 Å². The van der Waals surface area contributed by atoms with Crippen molar-refractivity contribution >= 4 is 38.3 Å². The molecule has 1 amide bonds. The number of ether oxygens (including phenoxy) is 1. The van der Waals surface area contributed by atoms with Crippen molar-refractivity contribution in [3.8, 4) is 0 Å². The minimum absolute atomic E-state index is 0.0149. The van der Waals surface area contributed by atoms with Crippen LogP contribution in [0.25, 0.3) is 11.2 Å². The maximum atomic E-state index is 12.5. The third kappa shape index (κ3) is 3.37. The molecular weight excluding hydrogens is 412 g/mol. The zero-order valence-electron chi connectivity index (χ0n) is 15.4. The van der Waals surface area contributed by atoms with Crippen LogP contribution in [0, 0.1) is 0 Å². The molecule has 3 N–H and O–H groups in total. The number of nitrogens with zero attached hydrogens (tertiary/aromatic N) is 4. The van der Waals surface area contributed by atoms with E-state index >= 15 is 0 Å². The predicted molar refractivity (Wildman–Crippen MR) is 105 cm³/mol. The molecule has 2 aromatic heterocycles. The molecule has 0 spiro atoms. The fourth-order valence-electron chi connectivity index (χ4n) is 3.50. The number of carbonyl (C=O) groups is 1. The number of aromatic nitrogens is 4. The highest BCUT2D eigenvalue weighted by atomic mass is 31.2. The first kappa shape index (κ1) is 19.5. The van der Waals surface area contributed by atoms with Crippen LogP contribution in [0.2, 0.25) is 0 Å². The van der Waals surface area contributed by atoms with Crippen molar-refractivity contribution in [2.75, 3.05) is 11.9 Å². The first-order valence-corrected chi connectivity index (χ1v) is 10.7. The highest BCUT2D eigenvalue weighted by molar-refractivity contribution is 7.85. The topological polar surface area (TPSA) is 141 Å². The van der Waals surface area contributed by atoms with Gasteiger partial charge in [-0.25, -0.2) is 19.8 Å². The molecule has 30 heavy (non-hydrogen) atoms. The molecule has 1 aromatic carbocycles. The Balaban J connectivity index is 1.43. The lowest BCUT2D eigenvalue weighted by Crippen LogP contribution is -2.40. The molecule has 3 aromatic rings. The average Bonchev–Trinajstić information content (AvgIpc) is 3.30. The average molecular weight is 428 g/mol. The smallest absolute Gasteiger partial charge is 0.385 e. The molecule has 2 fully saturated rings. The van der Waals surface area contributed by atoms with Gasteiger partial charge in [0, 0.05) is 5.56 Å². The van der Waals surface area contributed by atoms with Crippen molar-refractivity contribution in [1.82, 2.24) is 19.5 Å². The lowest BCUT2D eigenvalue weighted by molar-refractivity contribution is -0.0603. The van der Waals surface area contributed by atoms with E-state index in [4.69, 9.17) is 21.4 Å². The number of nitrogens with one attached hydrogen (secondary N) is 1. The SMILES string of the molecule is [B][P+]1(O)OC[C@H]2O[C@@H](n3cnc4c(NC(=O)c5ccccc5)ncnc43)C(O)[C@H]2O1. The normalized spacial score (nSPS) is 30.9. The lowest BCUT2D eigenvalue weighted by Gasteiger charge is -2.27. The Morgan fingerprint density at radius 2 is 2.07 bits per heavy atom. The number of aliphatic hydroxyl groups excluding tert-OH is 1. The molecule has 0 saturated carbocycles. The fourth-order valence-corrected chi connectivity index (χ4v) is 4.53. The molecule has 13 heteroatoms. The fraction of sp³-hybridized carbons (Fsp3) is 0.294. The number of imidazole rings is 1. The van der Waals surface area contributed by atoms with Gasteiger partial charge in [0.2, 0.25) is 0 Å². The van der Waals surface area contributed by atoms with Gasteiger partial charge in [-0.2, -0.15) is 9.05 Å². The molecule has 2 unspecified atom stereocenters. The second-order valence-electron chi connectivity index (χ2n) is 6.85. The van der Waals surface area contributed by atoms with E-state index < -0.39 is 32.4 Å². The van der Waals surface area contributed by atoms with Crippen molar-refractivity contribution in [2.24, 2.45) is 0 Å². The van der Waals surface area contributed by atoms with Gasteiger partial charge in [-0.05, 0) is 12.1 Å². The van der Waals surface area contributed by atoms with Crippen LogP contribution in [0.5, 0.6) is 0 Å². The number of rotatable bonds is 3. The van der Waals surface area contributed by atoms with Crippen LogP contribution in [0.15, 0.2) is 43.0 Å². The van der Waals surface area contributed by atoms with Crippen LogP contribution in [0.1, 0.15) is 16.6 Å². The van der Waals surface area contributed by atoms with Gasteiger partial charge < -0.3 is 15.2 Å². The molecule has 2 aliphatic heterocycles. The van der Waals surface area contributed by atoms with E-state index in [2.05, 4.69) is 20.3 Å². The van der Waals surface area contributed by atoms with Crippen LogP contribution in [-0.2, 0) is 13.8 Å². The molecule has 0 bridgehead atoms. The number of anilines is 1. The van der Waals surface area contributed by atoms with Crippen LogP contribution in [0.4, 0.5) is 5.82 Å². The van der Waals surface area contributed by atoms with E-state index in [9.17, 15) is 14.8 Å².